The van der Waals surface area contributed by atoms with Gasteiger partial charge in [0.25, 0.3) is 0 Å². The first-order valence-corrected chi connectivity index (χ1v) is 11.7. The number of benzene rings is 2. The predicted molar refractivity (Wildman–Crippen MR) is 134 cm³/mol. The standard InChI is InChI=1S/C27H18F4N6O3/c1-16-4-10-20(13-18(16)7-11-21-15-32-23-3-2-12-33-36(21)23)34-26(39)37-22(17-5-8-19(28)9-6-17)14-24(35-37)40-25(38)27(29,30)31/h2-6,8-10,12-13,15,22H,14H2,1H3,(H,34,39)/t22-/m1/s1. The second kappa shape index (κ2) is 10.5. The Morgan fingerprint density at radius 2 is 1.88 bits per heavy atom. The van der Waals surface area contributed by atoms with Gasteiger partial charge in [-0.3, -0.25) is 0 Å². The second-order valence-corrected chi connectivity index (χ2v) is 8.64. The fourth-order valence-electron chi connectivity index (χ4n) is 3.90. The third-order valence-corrected chi connectivity index (χ3v) is 5.88. The van der Waals surface area contributed by atoms with Gasteiger partial charge in [0.1, 0.15) is 11.5 Å². The minimum absolute atomic E-state index is 0.324. The van der Waals surface area contributed by atoms with Crippen LogP contribution in [-0.4, -0.2) is 43.7 Å². The lowest BCUT2D eigenvalue weighted by atomic mass is 10.0. The molecule has 1 atom stereocenters. The normalized spacial score (nSPS) is 14.9. The third-order valence-electron chi connectivity index (χ3n) is 5.88. The van der Waals surface area contributed by atoms with Crippen molar-refractivity contribution in [3.05, 3.63) is 95.2 Å². The summed E-state index contributed by atoms with van der Waals surface area (Å²) in [4.78, 5) is 28.8. The zero-order valence-electron chi connectivity index (χ0n) is 20.6. The highest BCUT2D eigenvalue weighted by Crippen LogP contribution is 2.33. The zero-order valence-corrected chi connectivity index (χ0v) is 20.6. The quantitative estimate of drug-likeness (QED) is 0.216. The number of hydrogen-bond acceptors (Lipinski definition) is 6. The van der Waals surface area contributed by atoms with E-state index in [0.717, 1.165) is 22.7 Å². The Morgan fingerprint density at radius 1 is 1.10 bits per heavy atom. The first kappa shape index (κ1) is 26.4. The van der Waals surface area contributed by atoms with E-state index < -0.39 is 35.9 Å². The Hall–Kier alpha value is -5.25. The maximum absolute atomic E-state index is 13.5. The van der Waals surface area contributed by atoms with E-state index in [1.165, 1.54) is 12.1 Å². The summed E-state index contributed by atoms with van der Waals surface area (Å²) in [7, 11) is 0. The van der Waals surface area contributed by atoms with Gasteiger partial charge in [-0.15, -0.1) is 5.10 Å². The molecular formula is C27H18F4N6O3. The van der Waals surface area contributed by atoms with E-state index in [4.69, 9.17) is 0 Å². The van der Waals surface area contributed by atoms with Crippen LogP contribution in [0.15, 0.2) is 72.1 Å². The number of hydrazone groups is 1. The molecule has 13 heteroatoms. The van der Waals surface area contributed by atoms with Crippen LogP contribution in [-0.2, 0) is 9.53 Å². The lowest BCUT2D eigenvalue weighted by Gasteiger charge is -2.22. The van der Waals surface area contributed by atoms with Gasteiger partial charge in [0, 0.05) is 17.4 Å². The summed E-state index contributed by atoms with van der Waals surface area (Å²) < 4.78 is 57.6. The van der Waals surface area contributed by atoms with E-state index in [1.807, 2.05) is 6.92 Å². The fourth-order valence-corrected chi connectivity index (χ4v) is 3.90. The predicted octanol–water partition coefficient (Wildman–Crippen LogP) is 4.97. The summed E-state index contributed by atoms with van der Waals surface area (Å²) >= 11 is 0. The Bertz CT molecular complexity index is 1700. The van der Waals surface area contributed by atoms with Gasteiger partial charge in [0.2, 0.25) is 5.90 Å². The number of halogens is 4. The fraction of sp³-hybridized carbons (Fsp3) is 0.148. The smallest absolute Gasteiger partial charge is 0.403 e. The van der Waals surface area contributed by atoms with Crippen LogP contribution in [0.3, 0.4) is 0 Å². The van der Waals surface area contributed by atoms with E-state index >= 15 is 0 Å². The molecule has 1 N–H and O–H groups in total. The van der Waals surface area contributed by atoms with Crippen molar-refractivity contribution in [2.75, 3.05) is 5.32 Å². The number of nitrogens with one attached hydrogen (secondary N) is 1. The molecule has 0 saturated heterocycles. The van der Waals surface area contributed by atoms with E-state index in [2.05, 4.69) is 37.1 Å². The van der Waals surface area contributed by atoms with Gasteiger partial charge in [-0.25, -0.2) is 28.5 Å². The van der Waals surface area contributed by atoms with Gasteiger partial charge in [-0.05, 0) is 60.4 Å². The number of anilines is 1. The average molecular weight is 550 g/mol. The highest BCUT2D eigenvalue weighted by molar-refractivity contribution is 5.96. The number of imidazole rings is 1. The van der Waals surface area contributed by atoms with E-state index in [0.29, 0.717) is 28.2 Å². The molecule has 0 radical (unpaired) electrons. The summed E-state index contributed by atoms with van der Waals surface area (Å²) in [6.07, 6.45) is -2.39. The molecule has 0 unspecified atom stereocenters. The second-order valence-electron chi connectivity index (χ2n) is 8.64. The first-order valence-electron chi connectivity index (χ1n) is 11.7. The number of ether oxygens (including phenoxy) is 1. The summed E-state index contributed by atoms with van der Waals surface area (Å²) in [6.45, 7) is 1.83. The van der Waals surface area contributed by atoms with Crippen molar-refractivity contribution in [2.24, 2.45) is 5.10 Å². The number of amides is 2. The van der Waals surface area contributed by atoms with Crippen LogP contribution in [0.2, 0.25) is 0 Å². The highest BCUT2D eigenvalue weighted by atomic mass is 19.4. The van der Waals surface area contributed by atoms with Crippen molar-refractivity contribution >= 4 is 29.2 Å². The van der Waals surface area contributed by atoms with Gasteiger partial charge in [0.05, 0.1) is 18.7 Å². The Kier molecular flexibility index (Phi) is 6.91. The highest BCUT2D eigenvalue weighted by Gasteiger charge is 2.44. The number of urea groups is 1. The number of carbonyl (C=O) groups is 2. The molecule has 202 valence electrons. The number of hydrogen-bond donors (Lipinski definition) is 1. The molecule has 0 spiro atoms. The summed E-state index contributed by atoms with van der Waals surface area (Å²) in [5, 5.41) is 11.5. The minimum atomic E-state index is -5.25. The molecule has 0 aliphatic carbocycles. The number of carbonyl (C=O) groups excluding carboxylic acids is 2. The maximum Gasteiger partial charge on any atom is 0.491 e. The molecule has 5 rings (SSSR count). The SMILES string of the molecule is Cc1ccc(NC(=O)N2N=C(OC(=O)C(F)(F)F)C[C@@H]2c2ccc(F)cc2)cc1C#Cc1cnc2cccnn12. The van der Waals surface area contributed by atoms with Crippen molar-refractivity contribution in [2.45, 2.75) is 25.6 Å². The van der Waals surface area contributed by atoms with Gasteiger partial charge < -0.3 is 10.1 Å². The molecule has 0 fully saturated rings. The molecule has 0 saturated carbocycles. The van der Waals surface area contributed by atoms with Gasteiger partial charge in [-0.2, -0.15) is 18.3 Å². The zero-order chi connectivity index (χ0) is 28.4. The molecule has 40 heavy (non-hydrogen) atoms. The summed E-state index contributed by atoms with van der Waals surface area (Å²) in [5.74, 6) is 2.42. The largest absolute Gasteiger partial charge is 0.491 e. The molecular weight excluding hydrogens is 532 g/mol. The molecule has 2 amide bonds. The number of aryl methyl sites for hydroxylation is 1. The molecule has 0 bridgehead atoms. The third kappa shape index (κ3) is 5.60. The van der Waals surface area contributed by atoms with Crippen LogP contribution in [0.25, 0.3) is 5.65 Å². The number of rotatable bonds is 2. The minimum Gasteiger partial charge on any atom is -0.403 e. The number of fused-ring (bicyclic) bond motifs is 1. The van der Waals surface area contributed by atoms with E-state index in [-0.39, 0.29) is 6.42 Å². The lowest BCUT2D eigenvalue weighted by molar-refractivity contribution is -0.191. The van der Waals surface area contributed by atoms with Crippen LogP contribution in [0, 0.1) is 24.6 Å². The number of nitrogens with zero attached hydrogens (tertiary/aromatic N) is 5. The average Bonchev–Trinajstić information content (AvgIpc) is 3.53. The van der Waals surface area contributed by atoms with Crippen LogP contribution < -0.4 is 5.32 Å². The first-order chi connectivity index (χ1) is 19.1. The number of alkyl halides is 3. The van der Waals surface area contributed by atoms with Crippen molar-refractivity contribution in [3.8, 4) is 11.8 Å². The topological polar surface area (TPSA) is 101 Å². The Labute approximate surface area is 224 Å². The lowest BCUT2D eigenvalue weighted by Crippen LogP contribution is -2.31. The molecule has 4 aromatic rings. The monoisotopic (exact) mass is 550 g/mol. The maximum atomic E-state index is 13.5. The van der Waals surface area contributed by atoms with Crippen LogP contribution in [0.5, 0.6) is 0 Å². The van der Waals surface area contributed by atoms with Crippen LogP contribution in [0.1, 0.15) is 34.8 Å². The summed E-state index contributed by atoms with van der Waals surface area (Å²) in [5.41, 5.74) is 3.28. The van der Waals surface area contributed by atoms with Crippen molar-refractivity contribution in [3.63, 3.8) is 0 Å². The van der Waals surface area contributed by atoms with Gasteiger partial charge in [-0.1, -0.05) is 24.1 Å². The van der Waals surface area contributed by atoms with Crippen molar-refractivity contribution in [1.29, 1.82) is 0 Å². The molecule has 2 aromatic carbocycles. The van der Waals surface area contributed by atoms with Crippen molar-refractivity contribution < 1.29 is 31.9 Å². The number of aromatic nitrogens is 3. The molecule has 1 aliphatic heterocycles. The molecule has 9 nitrogen and oxygen atoms in total. The van der Waals surface area contributed by atoms with Gasteiger partial charge in [0.15, 0.2) is 5.65 Å². The van der Waals surface area contributed by atoms with E-state index in [1.54, 1.807) is 47.2 Å². The Balaban J connectivity index is 1.39. The molecule has 2 aromatic heterocycles. The Morgan fingerprint density at radius 3 is 2.62 bits per heavy atom. The molecule has 1 aliphatic rings. The van der Waals surface area contributed by atoms with Crippen LogP contribution >= 0.6 is 0 Å². The van der Waals surface area contributed by atoms with Crippen molar-refractivity contribution in [1.82, 2.24) is 19.6 Å². The van der Waals surface area contributed by atoms with Gasteiger partial charge >= 0.3 is 18.2 Å². The molecule has 3 heterocycles. The number of esters is 1. The summed E-state index contributed by atoms with van der Waals surface area (Å²) in [6, 6.07) is 11.7. The van der Waals surface area contributed by atoms with Crippen LogP contribution in [0.4, 0.5) is 28.0 Å². The van der Waals surface area contributed by atoms with E-state index in [9.17, 15) is 27.2 Å².